The van der Waals surface area contributed by atoms with Crippen LogP contribution >= 0.6 is 0 Å². The van der Waals surface area contributed by atoms with Crippen LogP contribution in [0.5, 0.6) is 0 Å². The molecule has 0 N–H and O–H groups in total. The van der Waals surface area contributed by atoms with E-state index in [4.69, 9.17) is 13.6 Å². The van der Waals surface area contributed by atoms with Crippen LogP contribution < -0.4 is 0 Å². The molecule has 1 atom stereocenters. The van der Waals surface area contributed by atoms with Crippen molar-refractivity contribution in [3.05, 3.63) is 47.6 Å². The molecule has 1 saturated heterocycles. The molecular weight excluding hydrogens is 317 g/mol. The Labute approximate surface area is 136 Å². The lowest BCUT2D eigenvalue weighted by molar-refractivity contribution is -0.0356. The SMILES string of the molecule is Cc1nnc([C@H]2CN(C(=O)c3cc4cccc(F)c4o3)CCO2)o1. The maximum atomic E-state index is 13.7. The number of hydrogen-bond donors (Lipinski definition) is 0. The van der Waals surface area contributed by atoms with Crippen LogP contribution in [0.1, 0.15) is 28.4 Å². The maximum absolute atomic E-state index is 13.7. The summed E-state index contributed by atoms with van der Waals surface area (Å²) < 4.78 is 30.1. The first kappa shape index (κ1) is 14.8. The molecule has 1 aliphatic rings. The Morgan fingerprint density at radius 3 is 2.96 bits per heavy atom. The van der Waals surface area contributed by atoms with E-state index in [1.54, 1.807) is 30.0 Å². The number of morpholine rings is 1. The van der Waals surface area contributed by atoms with Crippen molar-refractivity contribution in [2.75, 3.05) is 19.7 Å². The van der Waals surface area contributed by atoms with E-state index in [1.807, 2.05) is 0 Å². The van der Waals surface area contributed by atoms with Crippen LogP contribution in [0.25, 0.3) is 11.0 Å². The van der Waals surface area contributed by atoms with Crippen LogP contribution in [0.15, 0.2) is 33.1 Å². The number of carbonyl (C=O) groups is 1. The summed E-state index contributed by atoms with van der Waals surface area (Å²) in [6, 6.07) is 6.11. The van der Waals surface area contributed by atoms with Crippen molar-refractivity contribution < 1.29 is 22.8 Å². The zero-order valence-electron chi connectivity index (χ0n) is 12.9. The van der Waals surface area contributed by atoms with Crippen molar-refractivity contribution in [3.8, 4) is 0 Å². The van der Waals surface area contributed by atoms with Crippen molar-refractivity contribution in [3.63, 3.8) is 0 Å². The molecule has 0 bridgehead atoms. The molecule has 3 heterocycles. The van der Waals surface area contributed by atoms with Crippen molar-refractivity contribution in [2.24, 2.45) is 0 Å². The van der Waals surface area contributed by atoms with Crippen molar-refractivity contribution >= 4 is 16.9 Å². The number of furan rings is 1. The lowest BCUT2D eigenvalue weighted by Crippen LogP contribution is -2.42. The van der Waals surface area contributed by atoms with Gasteiger partial charge in [-0.05, 0) is 12.1 Å². The first-order chi connectivity index (χ1) is 11.6. The molecule has 124 valence electrons. The first-order valence-corrected chi connectivity index (χ1v) is 7.51. The molecule has 0 radical (unpaired) electrons. The molecular formula is C16H14FN3O4. The number of amides is 1. The second kappa shape index (κ2) is 5.72. The molecule has 1 fully saturated rings. The molecule has 1 aromatic carbocycles. The normalized spacial score (nSPS) is 18.2. The molecule has 1 aliphatic heterocycles. The van der Waals surface area contributed by atoms with Gasteiger partial charge in [-0.1, -0.05) is 12.1 Å². The Bertz CT molecular complexity index is 904. The molecule has 0 unspecified atom stereocenters. The molecule has 7 nitrogen and oxygen atoms in total. The van der Waals surface area contributed by atoms with Gasteiger partial charge in [0.25, 0.3) is 5.91 Å². The van der Waals surface area contributed by atoms with Gasteiger partial charge in [0.15, 0.2) is 23.3 Å². The van der Waals surface area contributed by atoms with Crippen LogP contribution in [-0.4, -0.2) is 40.7 Å². The minimum atomic E-state index is -0.493. The maximum Gasteiger partial charge on any atom is 0.289 e. The number of ether oxygens (including phenoxy) is 1. The van der Waals surface area contributed by atoms with Gasteiger partial charge in [-0.25, -0.2) is 4.39 Å². The minimum absolute atomic E-state index is 0.0817. The van der Waals surface area contributed by atoms with Crippen LogP contribution in [0, 0.1) is 12.7 Å². The van der Waals surface area contributed by atoms with Gasteiger partial charge < -0.3 is 18.5 Å². The molecule has 4 rings (SSSR count). The third-order valence-electron chi connectivity index (χ3n) is 3.88. The van der Waals surface area contributed by atoms with E-state index in [0.717, 1.165) is 0 Å². The number of para-hydroxylation sites is 1. The Hall–Kier alpha value is -2.74. The molecule has 24 heavy (non-hydrogen) atoms. The number of nitrogens with zero attached hydrogens (tertiary/aromatic N) is 3. The minimum Gasteiger partial charge on any atom is -0.448 e. The predicted octanol–water partition coefficient (Wildman–Crippen LogP) is 2.48. The van der Waals surface area contributed by atoms with Crippen molar-refractivity contribution in [1.82, 2.24) is 15.1 Å². The predicted molar refractivity (Wildman–Crippen MR) is 79.8 cm³/mol. The number of rotatable bonds is 2. The highest BCUT2D eigenvalue weighted by atomic mass is 19.1. The van der Waals surface area contributed by atoms with E-state index >= 15 is 0 Å². The number of aromatic nitrogens is 2. The van der Waals surface area contributed by atoms with Crippen LogP contribution in [0.3, 0.4) is 0 Å². The molecule has 0 saturated carbocycles. The molecule has 3 aromatic rings. The molecule has 8 heteroatoms. The first-order valence-electron chi connectivity index (χ1n) is 7.51. The van der Waals surface area contributed by atoms with Crippen LogP contribution in [0.2, 0.25) is 0 Å². The molecule has 1 amide bonds. The topological polar surface area (TPSA) is 81.6 Å². The summed E-state index contributed by atoms with van der Waals surface area (Å²) in [5, 5.41) is 8.25. The number of hydrogen-bond acceptors (Lipinski definition) is 6. The average molecular weight is 331 g/mol. The van der Waals surface area contributed by atoms with E-state index in [0.29, 0.717) is 30.3 Å². The molecule has 0 spiro atoms. The van der Waals surface area contributed by atoms with Gasteiger partial charge in [0.2, 0.25) is 11.8 Å². The number of carbonyl (C=O) groups excluding carboxylic acids is 1. The Kier molecular flexibility index (Phi) is 3.53. The lowest BCUT2D eigenvalue weighted by Gasteiger charge is -2.30. The van der Waals surface area contributed by atoms with Crippen molar-refractivity contribution in [1.29, 1.82) is 0 Å². The quantitative estimate of drug-likeness (QED) is 0.717. The van der Waals surface area contributed by atoms with Crippen molar-refractivity contribution in [2.45, 2.75) is 13.0 Å². The second-order valence-corrected chi connectivity index (χ2v) is 5.54. The smallest absolute Gasteiger partial charge is 0.289 e. The van der Waals surface area contributed by atoms with Gasteiger partial charge in [-0.3, -0.25) is 4.79 Å². The highest BCUT2D eigenvalue weighted by molar-refractivity contribution is 5.96. The van der Waals surface area contributed by atoms with Gasteiger partial charge in [0.05, 0.1) is 13.2 Å². The van der Waals surface area contributed by atoms with Crippen LogP contribution in [0.4, 0.5) is 4.39 Å². The highest BCUT2D eigenvalue weighted by Crippen LogP contribution is 2.26. The number of benzene rings is 1. The molecule has 0 aliphatic carbocycles. The summed E-state index contributed by atoms with van der Waals surface area (Å²) in [7, 11) is 0. The standard InChI is InChI=1S/C16H14FN3O4/c1-9-18-19-15(23-9)13-8-20(5-6-22-13)16(21)12-7-10-3-2-4-11(17)14(10)24-12/h2-4,7,13H,5-6,8H2,1H3/t13-/m1/s1. The Morgan fingerprint density at radius 2 is 2.21 bits per heavy atom. The van der Waals surface area contributed by atoms with E-state index in [2.05, 4.69) is 10.2 Å². The second-order valence-electron chi connectivity index (χ2n) is 5.54. The summed E-state index contributed by atoms with van der Waals surface area (Å²) >= 11 is 0. The fraction of sp³-hybridized carbons (Fsp3) is 0.312. The summed E-state index contributed by atoms with van der Waals surface area (Å²) in [4.78, 5) is 14.2. The van der Waals surface area contributed by atoms with Gasteiger partial charge in [-0.2, -0.15) is 0 Å². The average Bonchev–Trinajstić information content (AvgIpc) is 3.21. The van der Waals surface area contributed by atoms with E-state index in [9.17, 15) is 9.18 Å². The third-order valence-corrected chi connectivity index (χ3v) is 3.88. The fourth-order valence-electron chi connectivity index (χ4n) is 2.71. The van der Waals surface area contributed by atoms with Gasteiger partial charge in [0, 0.05) is 18.9 Å². The Morgan fingerprint density at radius 1 is 1.33 bits per heavy atom. The summed E-state index contributed by atoms with van der Waals surface area (Å²) in [6.45, 7) is 2.69. The number of aryl methyl sites for hydroxylation is 1. The summed E-state index contributed by atoms with van der Waals surface area (Å²) in [5.41, 5.74) is 0.0817. The monoisotopic (exact) mass is 331 g/mol. The summed E-state index contributed by atoms with van der Waals surface area (Å²) in [5.74, 6) is 0.0470. The van der Waals surface area contributed by atoms with Crippen LogP contribution in [-0.2, 0) is 4.74 Å². The van der Waals surface area contributed by atoms with Gasteiger partial charge in [-0.15, -0.1) is 10.2 Å². The highest BCUT2D eigenvalue weighted by Gasteiger charge is 2.31. The largest absolute Gasteiger partial charge is 0.448 e. The number of halogens is 1. The fourth-order valence-corrected chi connectivity index (χ4v) is 2.71. The van der Waals surface area contributed by atoms with Gasteiger partial charge in [0.1, 0.15) is 0 Å². The van der Waals surface area contributed by atoms with E-state index < -0.39 is 11.9 Å². The zero-order valence-corrected chi connectivity index (χ0v) is 12.9. The number of fused-ring (bicyclic) bond motifs is 1. The van der Waals surface area contributed by atoms with E-state index in [-0.39, 0.29) is 23.8 Å². The molecule has 2 aromatic heterocycles. The Balaban J connectivity index is 1.57. The third kappa shape index (κ3) is 2.54. The summed E-state index contributed by atoms with van der Waals surface area (Å²) in [6.07, 6.45) is -0.481. The van der Waals surface area contributed by atoms with Gasteiger partial charge >= 0.3 is 0 Å². The van der Waals surface area contributed by atoms with E-state index in [1.165, 1.54) is 6.07 Å². The lowest BCUT2D eigenvalue weighted by atomic mass is 10.2. The zero-order chi connectivity index (χ0) is 16.7.